The zero-order chi connectivity index (χ0) is 19.7. The minimum atomic E-state index is -0.0495. The maximum atomic E-state index is 12.5. The maximum Gasteiger partial charge on any atom is 0.246 e. The Morgan fingerprint density at radius 3 is 3.04 bits per heavy atom. The van der Waals surface area contributed by atoms with E-state index in [1.54, 1.807) is 18.0 Å². The summed E-state index contributed by atoms with van der Waals surface area (Å²) in [6, 6.07) is 7.91. The van der Waals surface area contributed by atoms with Gasteiger partial charge in [0.05, 0.1) is 6.54 Å². The van der Waals surface area contributed by atoms with Crippen LogP contribution in [0.25, 0.3) is 11.0 Å². The van der Waals surface area contributed by atoms with E-state index in [9.17, 15) is 9.59 Å². The van der Waals surface area contributed by atoms with Crippen molar-refractivity contribution >= 4 is 28.6 Å². The molecule has 0 radical (unpaired) electrons. The molecule has 0 spiro atoms. The highest BCUT2D eigenvalue weighted by Crippen LogP contribution is 2.28. The first kappa shape index (κ1) is 18.5. The van der Waals surface area contributed by atoms with Gasteiger partial charge in [0, 0.05) is 36.9 Å². The quantitative estimate of drug-likeness (QED) is 0.829. The van der Waals surface area contributed by atoms with E-state index < -0.39 is 0 Å². The number of hydrogen-bond acceptors (Lipinski definition) is 4. The molecule has 0 bridgehead atoms. The number of carbonyl (C=O) groups excluding carboxylic acids is 2. The molecule has 1 aromatic carbocycles. The van der Waals surface area contributed by atoms with E-state index in [1.165, 1.54) is 0 Å². The fourth-order valence-corrected chi connectivity index (χ4v) is 3.96. The number of benzene rings is 1. The van der Waals surface area contributed by atoms with Crippen LogP contribution in [0.2, 0.25) is 0 Å². The van der Waals surface area contributed by atoms with Gasteiger partial charge in [0.1, 0.15) is 17.2 Å². The molecule has 3 heterocycles. The average molecular weight is 379 g/mol. The van der Waals surface area contributed by atoms with Gasteiger partial charge in [0.25, 0.3) is 0 Å². The summed E-state index contributed by atoms with van der Waals surface area (Å²) >= 11 is 0. The monoisotopic (exact) mass is 379 g/mol. The number of aliphatic imine (C=N–C) groups is 1. The summed E-state index contributed by atoms with van der Waals surface area (Å²) in [6.45, 7) is 3.07. The summed E-state index contributed by atoms with van der Waals surface area (Å²) in [4.78, 5) is 30.2. The average Bonchev–Trinajstić information content (AvgIpc) is 3.01. The number of rotatable bonds is 4. The number of nitrogens with zero attached hydrogens (tertiary/aromatic N) is 2. The Labute approximate surface area is 164 Å². The summed E-state index contributed by atoms with van der Waals surface area (Å²) in [7, 11) is 1.78. The van der Waals surface area contributed by atoms with Crippen molar-refractivity contribution in [3.63, 3.8) is 0 Å². The van der Waals surface area contributed by atoms with Crippen molar-refractivity contribution in [2.45, 2.75) is 32.7 Å². The van der Waals surface area contributed by atoms with Gasteiger partial charge >= 0.3 is 0 Å². The minimum Gasteiger partial charge on any atom is -0.459 e. The summed E-state index contributed by atoms with van der Waals surface area (Å²) in [5.74, 6) is 2.18. The van der Waals surface area contributed by atoms with Gasteiger partial charge in [-0.3, -0.25) is 14.6 Å². The molecule has 2 amide bonds. The number of amidine groups is 1. The molecule has 146 valence electrons. The van der Waals surface area contributed by atoms with Gasteiger partial charge in [-0.2, -0.15) is 0 Å². The molecule has 0 aliphatic carbocycles. The van der Waals surface area contributed by atoms with E-state index in [1.807, 2.05) is 37.3 Å². The third-order valence-electron chi connectivity index (χ3n) is 5.67. The summed E-state index contributed by atoms with van der Waals surface area (Å²) in [5, 5.41) is 3.95. The molecule has 1 saturated heterocycles. The summed E-state index contributed by atoms with van der Waals surface area (Å²) in [5.41, 5.74) is 1.93. The van der Waals surface area contributed by atoms with Crippen LogP contribution in [0.4, 0.5) is 0 Å². The van der Waals surface area contributed by atoms with Crippen LogP contribution in [0, 0.1) is 18.8 Å². The molecular formula is C22H25N3O3. The van der Waals surface area contributed by atoms with E-state index in [0.717, 1.165) is 41.0 Å². The summed E-state index contributed by atoms with van der Waals surface area (Å²) < 4.78 is 5.91. The molecule has 28 heavy (non-hydrogen) atoms. The molecule has 2 aromatic rings. The second kappa shape index (κ2) is 7.62. The molecule has 6 heteroatoms. The predicted octanol–water partition coefficient (Wildman–Crippen LogP) is 3.20. The minimum absolute atomic E-state index is 0.0495. The van der Waals surface area contributed by atoms with Crippen LogP contribution in [-0.4, -0.2) is 36.1 Å². The van der Waals surface area contributed by atoms with Crippen molar-refractivity contribution in [1.29, 1.82) is 0 Å². The van der Waals surface area contributed by atoms with Crippen LogP contribution in [0.3, 0.4) is 0 Å². The van der Waals surface area contributed by atoms with Crippen LogP contribution < -0.4 is 5.32 Å². The topological polar surface area (TPSA) is 74.9 Å². The molecule has 6 nitrogen and oxygen atoms in total. The number of amides is 2. The van der Waals surface area contributed by atoms with Crippen LogP contribution in [0.15, 0.2) is 45.8 Å². The first-order valence-corrected chi connectivity index (χ1v) is 9.75. The second-order valence-corrected chi connectivity index (χ2v) is 7.71. The smallest absolute Gasteiger partial charge is 0.246 e. The van der Waals surface area contributed by atoms with Crippen molar-refractivity contribution in [2.75, 3.05) is 13.6 Å². The lowest BCUT2D eigenvalue weighted by atomic mass is 9.85. The van der Waals surface area contributed by atoms with Crippen LogP contribution >= 0.6 is 0 Å². The first-order valence-electron chi connectivity index (χ1n) is 9.75. The Bertz CT molecular complexity index is 973. The molecule has 2 unspecified atom stereocenters. The number of likely N-dealkylation sites (N-methyl/N-ethyl adjacent to an activating group) is 1. The second-order valence-electron chi connectivity index (χ2n) is 7.71. The lowest BCUT2D eigenvalue weighted by Crippen LogP contribution is -2.44. The van der Waals surface area contributed by atoms with E-state index in [-0.39, 0.29) is 17.7 Å². The zero-order valence-electron chi connectivity index (χ0n) is 16.3. The fraction of sp³-hybridized carbons (Fsp3) is 0.409. The van der Waals surface area contributed by atoms with Gasteiger partial charge in [-0.25, -0.2) is 0 Å². The molecular weight excluding hydrogens is 354 g/mol. The molecule has 1 aromatic heterocycles. The molecule has 0 saturated carbocycles. The fourth-order valence-electron chi connectivity index (χ4n) is 3.96. The van der Waals surface area contributed by atoms with Crippen molar-refractivity contribution in [3.05, 3.63) is 47.7 Å². The van der Waals surface area contributed by atoms with Crippen molar-refractivity contribution in [3.8, 4) is 0 Å². The lowest BCUT2D eigenvalue weighted by molar-refractivity contribution is -0.125. The van der Waals surface area contributed by atoms with Gasteiger partial charge < -0.3 is 14.6 Å². The Morgan fingerprint density at radius 1 is 1.39 bits per heavy atom. The number of para-hydroxylation sites is 1. The number of piperidine rings is 1. The van der Waals surface area contributed by atoms with Crippen LogP contribution in [0.1, 0.15) is 30.6 Å². The van der Waals surface area contributed by atoms with E-state index in [4.69, 9.17) is 4.42 Å². The van der Waals surface area contributed by atoms with Crippen molar-refractivity contribution in [1.82, 2.24) is 10.2 Å². The third kappa shape index (κ3) is 3.72. The molecule has 1 N–H and O–H groups in total. The van der Waals surface area contributed by atoms with Crippen LogP contribution in [0.5, 0.6) is 0 Å². The van der Waals surface area contributed by atoms with E-state index >= 15 is 0 Å². The van der Waals surface area contributed by atoms with E-state index in [2.05, 4.69) is 10.3 Å². The highest BCUT2D eigenvalue weighted by Gasteiger charge is 2.29. The number of furan rings is 1. The largest absolute Gasteiger partial charge is 0.459 e. The molecule has 1 fully saturated rings. The third-order valence-corrected chi connectivity index (χ3v) is 5.67. The van der Waals surface area contributed by atoms with Crippen molar-refractivity contribution in [2.24, 2.45) is 16.8 Å². The van der Waals surface area contributed by atoms with Gasteiger partial charge in [0.15, 0.2) is 0 Å². The van der Waals surface area contributed by atoms with Crippen LogP contribution in [-0.2, 0) is 16.1 Å². The molecule has 2 aliphatic rings. The number of fused-ring (bicyclic) bond motifs is 2. The maximum absolute atomic E-state index is 12.5. The Morgan fingerprint density at radius 2 is 2.21 bits per heavy atom. The first-order chi connectivity index (χ1) is 13.5. The number of aryl methyl sites for hydroxylation is 1. The Balaban J connectivity index is 1.38. The zero-order valence-corrected chi connectivity index (χ0v) is 16.3. The highest BCUT2D eigenvalue weighted by atomic mass is 16.3. The van der Waals surface area contributed by atoms with Gasteiger partial charge in [0.2, 0.25) is 11.8 Å². The standard InChI is InChI=1S/C22H25N3O3/c1-14-17-5-3-4-6-18(17)28-19(14)13-25(2)21(27)10-7-15-11-16-8-9-20(26)24-22(16)23-12-15/h3-7,10,15-16H,8-9,11-13H2,1-2H3,(H,23,24,26)/b10-7+. The van der Waals surface area contributed by atoms with E-state index in [0.29, 0.717) is 25.4 Å². The lowest BCUT2D eigenvalue weighted by Gasteiger charge is -2.30. The molecule has 4 rings (SSSR count). The SMILES string of the molecule is Cc1c(CN(C)C(=O)/C=C/C2CN=C3NC(=O)CCC3C2)oc2ccccc12. The van der Waals surface area contributed by atoms with Gasteiger partial charge in [-0.15, -0.1) is 0 Å². The number of nitrogens with one attached hydrogen (secondary N) is 1. The predicted molar refractivity (Wildman–Crippen MR) is 108 cm³/mol. The Hall–Kier alpha value is -2.89. The molecule has 2 atom stereocenters. The number of carbonyl (C=O) groups is 2. The summed E-state index contributed by atoms with van der Waals surface area (Å²) in [6.07, 6.45) is 5.92. The molecule has 2 aliphatic heterocycles. The normalized spacial score (nSPS) is 22.1. The Kier molecular flexibility index (Phi) is 5.03. The number of hydrogen-bond donors (Lipinski definition) is 1. The van der Waals surface area contributed by atoms with Crippen molar-refractivity contribution < 1.29 is 14.0 Å². The van der Waals surface area contributed by atoms with Gasteiger partial charge in [-0.05, 0) is 37.8 Å². The van der Waals surface area contributed by atoms with Gasteiger partial charge in [-0.1, -0.05) is 24.3 Å². The highest BCUT2D eigenvalue weighted by molar-refractivity contribution is 6.01.